The summed E-state index contributed by atoms with van der Waals surface area (Å²) in [5.41, 5.74) is 5.43. The molecule has 3 N–H and O–H groups in total. The van der Waals surface area contributed by atoms with E-state index in [4.69, 9.17) is 10.5 Å². The maximum atomic E-state index is 11.2. The number of nitrogens with two attached hydrogens (primary N) is 1. The Labute approximate surface area is 105 Å². The van der Waals surface area contributed by atoms with Crippen LogP contribution >= 0.6 is 12.4 Å². The lowest BCUT2D eigenvalue weighted by Gasteiger charge is -2.21. The zero-order valence-corrected chi connectivity index (χ0v) is 11.5. The Bertz CT molecular complexity index is 187. The molecule has 0 rings (SSSR count). The van der Waals surface area contributed by atoms with Crippen LogP contribution in [0.5, 0.6) is 0 Å². The molecular formula is C11H25ClN2O2. The van der Waals surface area contributed by atoms with Crippen molar-refractivity contribution in [2.24, 2.45) is 11.7 Å². The Hall–Kier alpha value is -0.320. The van der Waals surface area contributed by atoms with Crippen molar-refractivity contribution in [2.45, 2.75) is 46.3 Å². The van der Waals surface area contributed by atoms with E-state index in [1.54, 1.807) is 6.92 Å². The largest absolute Gasteiger partial charge is 0.378 e. The highest BCUT2D eigenvalue weighted by Gasteiger charge is 2.14. The molecule has 0 saturated heterocycles. The van der Waals surface area contributed by atoms with Gasteiger partial charge in [0.15, 0.2) is 0 Å². The monoisotopic (exact) mass is 252 g/mol. The van der Waals surface area contributed by atoms with E-state index >= 15 is 0 Å². The first-order valence-electron chi connectivity index (χ1n) is 5.63. The summed E-state index contributed by atoms with van der Waals surface area (Å²) in [6, 6.07) is -0.436. The zero-order valence-electron chi connectivity index (χ0n) is 10.7. The number of amides is 1. The molecular weight excluding hydrogens is 228 g/mol. The molecule has 0 bridgehead atoms. The number of nitrogens with one attached hydrogen (secondary N) is 1. The van der Waals surface area contributed by atoms with E-state index in [-0.39, 0.29) is 24.4 Å². The van der Waals surface area contributed by atoms with Crippen molar-refractivity contribution in [3.8, 4) is 0 Å². The average molecular weight is 253 g/mol. The van der Waals surface area contributed by atoms with Crippen LogP contribution in [0.3, 0.4) is 0 Å². The van der Waals surface area contributed by atoms with E-state index in [1.165, 1.54) is 0 Å². The third kappa shape index (κ3) is 7.91. The summed E-state index contributed by atoms with van der Waals surface area (Å²) in [5, 5.41) is 2.78. The molecule has 0 aliphatic rings. The van der Waals surface area contributed by atoms with Gasteiger partial charge in [-0.05, 0) is 26.2 Å². The van der Waals surface area contributed by atoms with Gasteiger partial charge in [0, 0.05) is 13.2 Å². The van der Waals surface area contributed by atoms with Gasteiger partial charge in [-0.2, -0.15) is 0 Å². The molecule has 0 radical (unpaired) electrons. The molecule has 98 valence electrons. The smallest absolute Gasteiger partial charge is 0.236 e. The van der Waals surface area contributed by atoms with E-state index in [0.29, 0.717) is 19.1 Å². The lowest BCUT2D eigenvalue weighted by atomic mass is 10.0. The summed E-state index contributed by atoms with van der Waals surface area (Å²) >= 11 is 0. The molecule has 5 heteroatoms. The number of carbonyl (C=O) groups excluding carboxylic acids is 1. The summed E-state index contributed by atoms with van der Waals surface area (Å²) in [5.74, 6) is 0.367. The number of carbonyl (C=O) groups is 1. The standard InChI is InChI=1S/C11H24N2O2.ClH/c1-5-15-10(8(2)3)6-7-13-11(14)9(4)12;/h8-10H,5-7,12H2,1-4H3,(H,13,14);1H/t9-,10?;/m0./s1. The topological polar surface area (TPSA) is 64.3 Å². The third-order valence-electron chi connectivity index (χ3n) is 2.27. The summed E-state index contributed by atoms with van der Waals surface area (Å²) in [4.78, 5) is 11.2. The van der Waals surface area contributed by atoms with Gasteiger partial charge in [-0.15, -0.1) is 12.4 Å². The summed E-state index contributed by atoms with van der Waals surface area (Å²) in [6.07, 6.45) is 1.05. The first-order valence-corrected chi connectivity index (χ1v) is 5.63. The Morgan fingerprint density at radius 3 is 2.31 bits per heavy atom. The van der Waals surface area contributed by atoms with Crippen molar-refractivity contribution in [3.05, 3.63) is 0 Å². The van der Waals surface area contributed by atoms with Gasteiger partial charge < -0.3 is 15.8 Å². The Balaban J connectivity index is 0. The quantitative estimate of drug-likeness (QED) is 0.718. The molecule has 16 heavy (non-hydrogen) atoms. The molecule has 0 spiro atoms. The van der Waals surface area contributed by atoms with E-state index < -0.39 is 6.04 Å². The predicted molar refractivity (Wildman–Crippen MR) is 68.8 cm³/mol. The minimum atomic E-state index is -0.436. The second-order valence-corrected chi connectivity index (χ2v) is 4.11. The average Bonchev–Trinajstić information content (AvgIpc) is 2.15. The molecule has 0 aromatic heterocycles. The minimum Gasteiger partial charge on any atom is -0.378 e. The van der Waals surface area contributed by atoms with Crippen LogP contribution in [0.15, 0.2) is 0 Å². The van der Waals surface area contributed by atoms with Crippen LogP contribution in [0, 0.1) is 5.92 Å². The fourth-order valence-corrected chi connectivity index (χ4v) is 1.32. The second kappa shape index (κ2) is 9.87. The lowest BCUT2D eigenvalue weighted by Crippen LogP contribution is -2.40. The summed E-state index contributed by atoms with van der Waals surface area (Å²) in [6.45, 7) is 9.24. The van der Waals surface area contributed by atoms with E-state index in [1.807, 2.05) is 6.92 Å². The molecule has 0 aliphatic heterocycles. The highest BCUT2D eigenvalue weighted by Crippen LogP contribution is 2.09. The van der Waals surface area contributed by atoms with Gasteiger partial charge in [-0.1, -0.05) is 13.8 Å². The summed E-state index contributed by atoms with van der Waals surface area (Å²) in [7, 11) is 0. The van der Waals surface area contributed by atoms with Gasteiger partial charge in [0.25, 0.3) is 0 Å². The van der Waals surface area contributed by atoms with Crippen molar-refractivity contribution < 1.29 is 9.53 Å². The van der Waals surface area contributed by atoms with Gasteiger partial charge in [0.2, 0.25) is 5.91 Å². The van der Waals surface area contributed by atoms with Crippen LogP contribution in [0.1, 0.15) is 34.1 Å². The Morgan fingerprint density at radius 2 is 1.94 bits per heavy atom. The SMILES string of the molecule is CCOC(CCNC(=O)[C@H](C)N)C(C)C.Cl. The minimum absolute atomic E-state index is 0. The number of ether oxygens (including phenoxy) is 1. The third-order valence-corrected chi connectivity index (χ3v) is 2.27. The van der Waals surface area contributed by atoms with Gasteiger partial charge in [-0.25, -0.2) is 0 Å². The van der Waals surface area contributed by atoms with E-state index in [9.17, 15) is 4.79 Å². The molecule has 1 unspecified atom stereocenters. The highest BCUT2D eigenvalue weighted by atomic mass is 35.5. The summed E-state index contributed by atoms with van der Waals surface area (Å²) < 4.78 is 5.56. The van der Waals surface area contributed by atoms with Crippen LogP contribution in [-0.4, -0.2) is 31.2 Å². The van der Waals surface area contributed by atoms with Gasteiger partial charge in [-0.3, -0.25) is 4.79 Å². The lowest BCUT2D eigenvalue weighted by molar-refractivity contribution is -0.122. The molecule has 1 amide bonds. The molecule has 0 aliphatic carbocycles. The first-order chi connectivity index (χ1) is 6.99. The van der Waals surface area contributed by atoms with Crippen molar-refractivity contribution in [2.75, 3.05) is 13.2 Å². The molecule has 0 aromatic rings. The van der Waals surface area contributed by atoms with Crippen LogP contribution in [0.4, 0.5) is 0 Å². The van der Waals surface area contributed by atoms with Crippen LogP contribution in [-0.2, 0) is 9.53 Å². The van der Waals surface area contributed by atoms with Gasteiger partial charge >= 0.3 is 0 Å². The molecule has 2 atom stereocenters. The number of hydrogen-bond donors (Lipinski definition) is 2. The molecule has 0 fully saturated rings. The fraction of sp³-hybridized carbons (Fsp3) is 0.909. The highest BCUT2D eigenvalue weighted by molar-refractivity contribution is 5.85. The van der Waals surface area contributed by atoms with Gasteiger partial charge in [0.1, 0.15) is 0 Å². The number of rotatable bonds is 7. The Morgan fingerprint density at radius 1 is 1.38 bits per heavy atom. The second-order valence-electron chi connectivity index (χ2n) is 4.11. The van der Waals surface area contributed by atoms with E-state index in [2.05, 4.69) is 19.2 Å². The predicted octanol–water partition coefficient (Wildman–Crippen LogP) is 1.32. The van der Waals surface area contributed by atoms with Crippen LogP contribution < -0.4 is 11.1 Å². The normalized spacial score (nSPS) is 14.1. The van der Waals surface area contributed by atoms with Crippen molar-refractivity contribution >= 4 is 18.3 Å². The van der Waals surface area contributed by atoms with Gasteiger partial charge in [0.05, 0.1) is 12.1 Å². The van der Waals surface area contributed by atoms with E-state index in [0.717, 1.165) is 6.42 Å². The Kier molecular flexibility index (Phi) is 11.1. The van der Waals surface area contributed by atoms with Crippen molar-refractivity contribution in [1.29, 1.82) is 0 Å². The number of halogens is 1. The van der Waals surface area contributed by atoms with Crippen molar-refractivity contribution in [3.63, 3.8) is 0 Å². The first kappa shape index (κ1) is 18.1. The molecule has 0 heterocycles. The zero-order chi connectivity index (χ0) is 11.8. The maximum Gasteiger partial charge on any atom is 0.236 e. The molecule has 4 nitrogen and oxygen atoms in total. The number of hydrogen-bond acceptors (Lipinski definition) is 3. The van der Waals surface area contributed by atoms with Crippen LogP contribution in [0.2, 0.25) is 0 Å². The molecule has 0 aromatic carbocycles. The van der Waals surface area contributed by atoms with Crippen LogP contribution in [0.25, 0.3) is 0 Å². The van der Waals surface area contributed by atoms with Crippen molar-refractivity contribution in [1.82, 2.24) is 5.32 Å². The maximum absolute atomic E-state index is 11.2. The molecule has 0 saturated carbocycles. The fourth-order valence-electron chi connectivity index (χ4n) is 1.32.